The van der Waals surface area contributed by atoms with Crippen LogP contribution in [0.4, 0.5) is 0 Å². The number of hydrogen-bond acceptors (Lipinski definition) is 6. The fourth-order valence-electron chi connectivity index (χ4n) is 0.379. The van der Waals surface area contributed by atoms with Gasteiger partial charge in [0, 0.05) is 0 Å². The molecule has 0 aromatic heterocycles. The van der Waals surface area contributed by atoms with Crippen molar-refractivity contribution in [3.05, 3.63) is 0 Å². The van der Waals surface area contributed by atoms with Crippen molar-refractivity contribution in [2.75, 3.05) is 11.5 Å². The molecule has 2 unspecified atom stereocenters. The molecule has 0 spiro atoms. The Balaban J connectivity index is 3.40. The van der Waals surface area contributed by atoms with Gasteiger partial charge in [0.1, 0.15) is 0 Å². The molecule has 9 heteroatoms. The number of hydrogen-bond donors (Lipinski definition) is 4. The Kier molecular flexibility index (Phi) is 8.30. The summed E-state index contributed by atoms with van der Waals surface area (Å²) in [5.74, 6) is -1.37. The van der Waals surface area contributed by atoms with Gasteiger partial charge in [0.2, 0.25) is 0 Å². The van der Waals surface area contributed by atoms with Gasteiger partial charge in [-0.2, -0.15) is 0 Å². The third-order valence-corrected chi connectivity index (χ3v) is 8.33. The molecule has 0 bridgehead atoms. The molecule has 0 saturated carbocycles. The number of carboxylic acids is 2. The maximum absolute atomic E-state index is 10.3. The second kappa shape index (κ2) is 8.26. The number of aliphatic carboxylic acids is 2. The van der Waals surface area contributed by atoms with E-state index in [0.29, 0.717) is 11.5 Å². The second-order valence-corrected chi connectivity index (χ2v) is 9.75. The summed E-state index contributed by atoms with van der Waals surface area (Å²) < 4.78 is 0. The summed E-state index contributed by atoms with van der Waals surface area (Å²) in [6.07, 6.45) is 0. The van der Waals surface area contributed by atoms with E-state index >= 15 is 0 Å². The molecule has 0 aliphatic heterocycles. The average molecular weight is 319 g/mol. The van der Waals surface area contributed by atoms with Crippen LogP contribution in [0.1, 0.15) is 0 Å². The molecule has 0 saturated heterocycles. The average Bonchev–Trinajstić information content (AvgIpc) is 2.16. The summed E-state index contributed by atoms with van der Waals surface area (Å²) in [6, 6.07) is -1.71. The SMILES string of the molecule is NC(CS[Se]SCC(N)C(=O)O)C(=O)O. The van der Waals surface area contributed by atoms with Crippen molar-refractivity contribution in [1.29, 1.82) is 0 Å². The van der Waals surface area contributed by atoms with Gasteiger partial charge in [0.25, 0.3) is 0 Å². The van der Waals surface area contributed by atoms with E-state index in [2.05, 4.69) is 0 Å². The Hall–Kier alpha value is 0.0795. The summed E-state index contributed by atoms with van der Waals surface area (Å²) in [4.78, 5) is 20.6. The maximum atomic E-state index is 10.3. The Bertz CT molecular complexity index is 209. The van der Waals surface area contributed by atoms with Crippen LogP contribution in [0.25, 0.3) is 0 Å². The first-order valence-electron chi connectivity index (χ1n) is 3.83. The number of nitrogens with two attached hydrogens (primary N) is 2. The van der Waals surface area contributed by atoms with Crippen molar-refractivity contribution in [3.8, 4) is 0 Å². The van der Waals surface area contributed by atoms with Gasteiger partial charge in [-0.3, -0.25) is 0 Å². The van der Waals surface area contributed by atoms with Gasteiger partial charge in [-0.05, 0) is 0 Å². The molecule has 0 heterocycles. The molecule has 0 radical (unpaired) electrons. The molecule has 15 heavy (non-hydrogen) atoms. The standard InChI is InChI=1S/C6H12N2O4S2Se/c7-3(5(9)10)1-13-15-14-2-4(8)6(11)12/h3-4H,1-2,7-8H2,(H,9,10)(H,11,12). The van der Waals surface area contributed by atoms with E-state index in [-0.39, 0.29) is 12.7 Å². The molecular formula is C6H12N2O4S2Se. The Morgan fingerprint density at radius 3 is 1.67 bits per heavy atom. The summed E-state index contributed by atoms with van der Waals surface area (Å²) >= 11 is 0.0557. The Morgan fingerprint density at radius 1 is 1.07 bits per heavy atom. The van der Waals surface area contributed by atoms with Gasteiger partial charge < -0.3 is 0 Å². The van der Waals surface area contributed by atoms with Crippen molar-refractivity contribution in [2.24, 2.45) is 11.5 Å². The van der Waals surface area contributed by atoms with Gasteiger partial charge in [-0.25, -0.2) is 0 Å². The third kappa shape index (κ3) is 7.95. The molecule has 0 fully saturated rings. The predicted molar refractivity (Wildman–Crippen MR) is 61.9 cm³/mol. The van der Waals surface area contributed by atoms with Gasteiger partial charge in [-0.1, -0.05) is 0 Å². The van der Waals surface area contributed by atoms with Gasteiger partial charge in [0.05, 0.1) is 0 Å². The van der Waals surface area contributed by atoms with E-state index in [1.807, 2.05) is 0 Å². The van der Waals surface area contributed by atoms with Crippen LogP contribution in [-0.2, 0) is 9.59 Å². The fourth-order valence-corrected chi connectivity index (χ4v) is 6.90. The number of carboxylic acid groups (broad SMARTS) is 2. The topological polar surface area (TPSA) is 127 Å². The van der Waals surface area contributed by atoms with Crippen LogP contribution in [-0.4, -0.2) is 58.5 Å². The first kappa shape index (κ1) is 15.1. The summed E-state index contributed by atoms with van der Waals surface area (Å²) in [5, 5.41) is 16.9. The van der Waals surface area contributed by atoms with Crippen LogP contribution < -0.4 is 11.5 Å². The van der Waals surface area contributed by atoms with Gasteiger partial charge in [0.15, 0.2) is 0 Å². The normalized spacial score (nSPS) is 14.5. The van der Waals surface area contributed by atoms with E-state index < -0.39 is 24.0 Å². The van der Waals surface area contributed by atoms with E-state index in [4.69, 9.17) is 21.7 Å². The quantitative estimate of drug-likeness (QED) is 0.325. The van der Waals surface area contributed by atoms with E-state index in [1.54, 1.807) is 0 Å². The molecule has 6 N–H and O–H groups in total. The first-order valence-corrected chi connectivity index (χ1v) is 9.84. The zero-order valence-corrected chi connectivity index (χ0v) is 11.0. The van der Waals surface area contributed by atoms with Crippen molar-refractivity contribution < 1.29 is 19.8 Å². The van der Waals surface area contributed by atoms with Crippen LogP contribution in [0.15, 0.2) is 0 Å². The van der Waals surface area contributed by atoms with Gasteiger partial charge >= 0.3 is 99.9 Å². The first-order chi connectivity index (χ1) is 6.95. The van der Waals surface area contributed by atoms with Crippen LogP contribution >= 0.6 is 20.4 Å². The van der Waals surface area contributed by atoms with Crippen LogP contribution in [0.2, 0.25) is 0 Å². The number of rotatable bonds is 8. The summed E-state index contributed by atoms with van der Waals surface area (Å²) in [5.41, 5.74) is 10.5. The van der Waals surface area contributed by atoms with Gasteiger partial charge in [-0.15, -0.1) is 0 Å². The van der Waals surface area contributed by atoms with Crippen molar-refractivity contribution in [2.45, 2.75) is 12.1 Å². The molecule has 0 aliphatic carbocycles. The summed E-state index contributed by atoms with van der Waals surface area (Å²) in [7, 11) is 2.83. The minimum absolute atomic E-state index is 0.0557. The Labute approximate surface area is 99.8 Å². The zero-order chi connectivity index (χ0) is 11.8. The second-order valence-electron chi connectivity index (χ2n) is 2.53. The molecule has 88 valence electrons. The van der Waals surface area contributed by atoms with E-state index in [0.717, 1.165) is 0 Å². The van der Waals surface area contributed by atoms with E-state index in [1.165, 1.54) is 20.4 Å². The third-order valence-electron chi connectivity index (χ3n) is 1.23. The van der Waals surface area contributed by atoms with Crippen molar-refractivity contribution >= 4 is 45.0 Å². The molecule has 2 atom stereocenters. The molecule has 0 aromatic rings. The molecule has 0 rings (SSSR count). The zero-order valence-electron chi connectivity index (χ0n) is 7.66. The Morgan fingerprint density at radius 2 is 1.40 bits per heavy atom. The van der Waals surface area contributed by atoms with Crippen molar-refractivity contribution in [3.63, 3.8) is 0 Å². The minimum atomic E-state index is -1.02. The fraction of sp³-hybridized carbons (Fsp3) is 0.667. The van der Waals surface area contributed by atoms with Crippen LogP contribution in [0, 0.1) is 0 Å². The molecule has 0 aromatic carbocycles. The summed E-state index contributed by atoms with van der Waals surface area (Å²) in [6.45, 7) is 0. The van der Waals surface area contributed by atoms with Crippen LogP contribution in [0.3, 0.4) is 0 Å². The molecule has 0 amide bonds. The number of carbonyl (C=O) groups is 2. The van der Waals surface area contributed by atoms with E-state index in [9.17, 15) is 9.59 Å². The van der Waals surface area contributed by atoms with Crippen LogP contribution in [0.5, 0.6) is 0 Å². The molecular weight excluding hydrogens is 307 g/mol. The van der Waals surface area contributed by atoms with Crippen molar-refractivity contribution in [1.82, 2.24) is 0 Å². The molecule has 0 aliphatic rings. The monoisotopic (exact) mass is 320 g/mol. The predicted octanol–water partition coefficient (Wildman–Crippen LogP) is -1.19. The molecule has 6 nitrogen and oxygen atoms in total.